The van der Waals surface area contributed by atoms with Crippen molar-refractivity contribution in [2.75, 3.05) is 16.6 Å². The predicted octanol–water partition coefficient (Wildman–Crippen LogP) is 4.80. The molecule has 3 aromatic rings. The molecular formula is C25H27N3O5S2. The van der Waals surface area contributed by atoms with Gasteiger partial charge >= 0.3 is 0 Å². The first-order chi connectivity index (χ1) is 16.7. The van der Waals surface area contributed by atoms with E-state index in [4.69, 9.17) is 21.7 Å². The van der Waals surface area contributed by atoms with Crippen LogP contribution in [-0.4, -0.2) is 32.1 Å². The molecular weight excluding hydrogens is 486 g/mol. The van der Waals surface area contributed by atoms with Crippen LogP contribution in [0.1, 0.15) is 31.1 Å². The van der Waals surface area contributed by atoms with Gasteiger partial charge in [-0.05, 0) is 106 Å². The summed E-state index contributed by atoms with van der Waals surface area (Å²) in [4.78, 5) is 12.5. The lowest BCUT2D eigenvalue weighted by Crippen LogP contribution is -2.34. The van der Waals surface area contributed by atoms with Gasteiger partial charge in [0.25, 0.3) is 15.9 Å². The van der Waals surface area contributed by atoms with Gasteiger partial charge in [0.1, 0.15) is 11.5 Å². The number of rotatable bonds is 9. The lowest BCUT2D eigenvalue weighted by Gasteiger charge is -2.12. The highest BCUT2D eigenvalue weighted by Crippen LogP contribution is 2.21. The molecule has 0 aliphatic heterocycles. The van der Waals surface area contributed by atoms with Crippen molar-refractivity contribution in [3.63, 3.8) is 0 Å². The summed E-state index contributed by atoms with van der Waals surface area (Å²) < 4.78 is 38.8. The number of amides is 1. The standard InChI is InChI=1S/C25H27N3O5S2/c1-4-32-21-13-7-20(8-14-21)28-35(30,31)23-15-9-19(10-16-23)26-25(34)27-24(29)18-5-11-22(12-6-18)33-17(2)3/h5-17,28H,4H2,1-3H3,(H2,26,27,29,34). The van der Waals surface area contributed by atoms with E-state index in [1.54, 1.807) is 60.7 Å². The van der Waals surface area contributed by atoms with Crippen LogP contribution in [0.5, 0.6) is 11.5 Å². The van der Waals surface area contributed by atoms with Crippen LogP contribution in [0.4, 0.5) is 11.4 Å². The Balaban J connectivity index is 1.57. The highest BCUT2D eigenvalue weighted by atomic mass is 32.2. The second kappa shape index (κ2) is 11.7. The minimum Gasteiger partial charge on any atom is -0.494 e. The predicted molar refractivity (Wildman–Crippen MR) is 141 cm³/mol. The van der Waals surface area contributed by atoms with Crippen LogP contribution in [0.15, 0.2) is 77.7 Å². The van der Waals surface area contributed by atoms with Gasteiger partial charge < -0.3 is 14.8 Å². The van der Waals surface area contributed by atoms with Crippen molar-refractivity contribution >= 4 is 44.6 Å². The molecule has 1 amide bonds. The number of hydrogen-bond acceptors (Lipinski definition) is 6. The van der Waals surface area contributed by atoms with Crippen LogP contribution in [0.3, 0.4) is 0 Å². The van der Waals surface area contributed by atoms with Crippen LogP contribution in [0.25, 0.3) is 0 Å². The molecule has 0 aliphatic rings. The van der Waals surface area contributed by atoms with E-state index in [1.807, 2.05) is 20.8 Å². The van der Waals surface area contributed by atoms with E-state index < -0.39 is 10.0 Å². The average Bonchev–Trinajstić information content (AvgIpc) is 2.80. The fraction of sp³-hybridized carbons (Fsp3) is 0.200. The molecule has 10 heteroatoms. The quantitative estimate of drug-likeness (QED) is 0.353. The van der Waals surface area contributed by atoms with Gasteiger partial charge in [-0.3, -0.25) is 14.8 Å². The minimum atomic E-state index is -3.78. The van der Waals surface area contributed by atoms with E-state index in [9.17, 15) is 13.2 Å². The first-order valence-corrected chi connectivity index (χ1v) is 12.8. The Labute approximate surface area is 210 Å². The number of sulfonamides is 1. The molecule has 0 fully saturated rings. The Hall–Kier alpha value is -3.63. The van der Waals surface area contributed by atoms with Crippen LogP contribution < -0.4 is 24.8 Å². The van der Waals surface area contributed by atoms with Crippen molar-refractivity contribution in [3.05, 3.63) is 78.4 Å². The molecule has 0 aliphatic carbocycles. The maximum atomic E-state index is 12.7. The Bertz CT molecular complexity index is 1260. The fourth-order valence-corrected chi connectivity index (χ4v) is 4.28. The molecule has 184 valence electrons. The van der Waals surface area contributed by atoms with E-state index in [2.05, 4.69) is 15.4 Å². The van der Waals surface area contributed by atoms with Crippen molar-refractivity contribution < 1.29 is 22.7 Å². The van der Waals surface area contributed by atoms with Crippen LogP contribution in [0.2, 0.25) is 0 Å². The SMILES string of the molecule is CCOc1ccc(NS(=O)(=O)c2ccc(NC(=S)NC(=O)c3ccc(OC(C)C)cc3)cc2)cc1. The monoisotopic (exact) mass is 513 g/mol. The highest BCUT2D eigenvalue weighted by Gasteiger charge is 2.15. The number of nitrogens with one attached hydrogen (secondary N) is 3. The topological polar surface area (TPSA) is 106 Å². The molecule has 0 spiro atoms. The number of carbonyl (C=O) groups is 1. The molecule has 0 aromatic heterocycles. The number of ether oxygens (including phenoxy) is 2. The van der Waals surface area contributed by atoms with Gasteiger partial charge in [0, 0.05) is 16.9 Å². The Kier molecular flexibility index (Phi) is 8.67. The first-order valence-electron chi connectivity index (χ1n) is 10.9. The van der Waals surface area contributed by atoms with Gasteiger partial charge in [-0.15, -0.1) is 0 Å². The van der Waals surface area contributed by atoms with Crippen molar-refractivity contribution in [2.45, 2.75) is 31.8 Å². The molecule has 0 saturated carbocycles. The van der Waals surface area contributed by atoms with Crippen LogP contribution >= 0.6 is 12.2 Å². The molecule has 8 nitrogen and oxygen atoms in total. The van der Waals surface area contributed by atoms with E-state index in [0.717, 1.165) is 0 Å². The van der Waals surface area contributed by atoms with Crippen molar-refractivity contribution in [1.29, 1.82) is 0 Å². The molecule has 0 radical (unpaired) electrons. The Morgan fingerprint density at radius 3 is 2.03 bits per heavy atom. The summed E-state index contributed by atoms with van der Waals surface area (Å²) >= 11 is 5.21. The average molecular weight is 514 g/mol. The van der Waals surface area contributed by atoms with E-state index >= 15 is 0 Å². The Morgan fingerprint density at radius 1 is 0.886 bits per heavy atom. The third kappa shape index (κ3) is 7.69. The summed E-state index contributed by atoms with van der Waals surface area (Å²) in [5.74, 6) is 0.952. The molecule has 3 N–H and O–H groups in total. The van der Waals surface area contributed by atoms with Crippen LogP contribution in [0, 0.1) is 0 Å². The second-order valence-corrected chi connectivity index (χ2v) is 9.78. The molecule has 0 heterocycles. The van der Waals surface area contributed by atoms with Gasteiger partial charge in [-0.2, -0.15) is 0 Å². The maximum Gasteiger partial charge on any atom is 0.261 e. The normalized spacial score (nSPS) is 11.0. The zero-order chi connectivity index (χ0) is 25.4. The summed E-state index contributed by atoms with van der Waals surface area (Å²) in [6.07, 6.45) is 0.0378. The second-order valence-electron chi connectivity index (χ2n) is 7.69. The van der Waals surface area contributed by atoms with Crippen molar-refractivity contribution in [2.24, 2.45) is 0 Å². The molecule has 0 unspecified atom stereocenters. The first kappa shape index (κ1) is 26.0. The van der Waals surface area contributed by atoms with Crippen LogP contribution in [-0.2, 0) is 10.0 Å². The van der Waals surface area contributed by atoms with Gasteiger partial charge in [-0.1, -0.05) is 0 Å². The largest absolute Gasteiger partial charge is 0.494 e. The molecule has 0 saturated heterocycles. The molecule has 35 heavy (non-hydrogen) atoms. The number of carbonyl (C=O) groups excluding carboxylic acids is 1. The molecule has 0 atom stereocenters. The highest BCUT2D eigenvalue weighted by molar-refractivity contribution is 7.92. The lowest BCUT2D eigenvalue weighted by atomic mass is 10.2. The van der Waals surface area contributed by atoms with Crippen molar-refractivity contribution in [1.82, 2.24) is 5.32 Å². The van der Waals surface area contributed by atoms with Gasteiger partial charge in [-0.25, -0.2) is 8.42 Å². The molecule has 3 rings (SSSR count). The third-order valence-corrected chi connectivity index (χ3v) is 6.16. The lowest BCUT2D eigenvalue weighted by molar-refractivity contribution is 0.0977. The van der Waals surface area contributed by atoms with E-state index in [0.29, 0.717) is 35.0 Å². The van der Waals surface area contributed by atoms with Gasteiger partial charge in [0.05, 0.1) is 17.6 Å². The Morgan fingerprint density at radius 2 is 1.46 bits per heavy atom. The van der Waals surface area contributed by atoms with Crippen molar-refractivity contribution in [3.8, 4) is 11.5 Å². The minimum absolute atomic E-state index is 0.0378. The summed E-state index contributed by atoms with van der Waals surface area (Å²) in [6.45, 7) is 6.24. The van der Waals surface area contributed by atoms with E-state index in [-0.39, 0.29) is 22.0 Å². The third-order valence-electron chi connectivity index (χ3n) is 4.56. The number of benzene rings is 3. The maximum absolute atomic E-state index is 12.7. The van der Waals surface area contributed by atoms with Gasteiger partial charge in [0.2, 0.25) is 0 Å². The summed E-state index contributed by atoms with van der Waals surface area (Å²) in [6, 6.07) is 19.4. The summed E-state index contributed by atoms with van der Waals surface area (Å²) in [7, 11) is -3.78. The smallest absolute Gasteiger partial charge is 0.261 e. The van der Waals surface area contributed by atoms with Gasteiger partial charge in [0.15, 0.2) is 5.11 Å². The fourth-order valence-electron chi connectivity index (χ4n) is 3.01. The zero-order valence-electron chi connectivity index (χ0n) is 19.6. The summed E-state index contributed by atoms with van der Waals surface area (Å²) in [5, 5.41) is 5.55. The number of thiocarbonyl (C=S) groups is 1. The summed E-state index contributed by atoms with van der Waals surface area (Å²) in [5.41, 5.74) is 1.37. The van der Waals surface area contributed by atoms with E-state index in [1.165, 1.54) is 12.1 Å². The number of anilines is 2. The zero-order valence-corrected chi connectivity index (χ0v) is 21.2. The molecule has 0 bridgehead atoms. The molecule has 3 aromatic carbocycles. The number of hydrogen-bond donors (Lipinski definition) is 3.